The molecule has 20 heavy (non-hydrogen) atoms. The van der Waals surface area contributed by atoms with Crippen molar-refractivity contribution >= 4 is 11.4 Å². The predicted molar refractivity (Wildman–Crippen MR) is 76.3 cm³/mol. The van der Waals surface area contributed by atoms with Crippen molar-refractivity contribution in [2.75, 3.05) is 11.9 Å². The van der Waals surface area contributed by atoms with Gasteiger partial charge in [0.1, 0.15) is 11.9 Å². The molecule has 2 aromatic rings. The average molecular weight is 267 g/mol. The molecule has 100 valence electrons. The first-order chi connectivity index (χ1) is 9.76. The van der Waals surface area contributed by atoms with Gasteiger partial charge in [-0.1, -0.05) is 6.07 Å². The number of rotatable bonds is 2. The van der Waals surface area contributed by atoms with Gasteiger partial charge in [0, 0.05) is 17.9 Å². The Hall–Kier alpha value is -2.38. The van der Waals surface area contributed by atoms with Gasteiger partial charge in [-0.05, 0) is 54.4 Å². The zero-order valence-electron chi connectivity index (χ0n) is 10.9. The summed E-state index contributed by atoms with van der Waals surface area (Å²) in [5.74, 6) is -0.500. The van der Waals surface area contributed by atoms with Crippen molar-refractivity contribution < 1.29 is 4.39 Å². The lowest BCUT2D eigenvalue weighted by atomic mass is 10.0. The summed E-state index contributed by atoms with van der Waals surface area (Å²) >= 11 is 0. The molecular weight excluding hydrogens is 253 g/mol. The van der Waals surface area contributed by atoms with Crippen LogP contribution in [0, 0.1) is 17.1 Å². The number of fused-ring (bicyclic) bond motifs is 1. The second-order valence-electron chi connectivity index (χ2n) is 4.84. The summed E-state index contributed by atoms with van der Waals surface area (Å²) in [6.07, 6.45) is 1.01. The van der Waals surface area contributed by atoms with E-state index in [9.17, 15) is 4.39 Å². The van der Waals surface area contributed by atoms with E-state index in [2.05, 4.69) is 22.8 Å². The van der Waals surface area contributed by atoms with Gasteiger partial charge in [0.05, 0.1) is 5.56 Å². The third kappa shape index (κ3) is 2.49. The summed E-state index contributed by atoms with van der Waals surface area (Å²) in [6, 6.07) is 12.5. The third-order valence-corrected chi connectivity index (χ3v) is 3.47. The standard InChI is InChI=1S/C16H14FN3/c17-16-8-15(3-1-12(16)9-18)20-14-4-2-13-10-19-6-5-11(13)7-14/h1-4,7-8,19-20H,5-6,10H2. The second kappa shape index (κ2) is 5.32. The van der Waals surface area contributed by atoms with E-state index in [0.29, 0.717) is 5.69 Å². The van der Waals surface area contributed by atoms with Gasteiger partial charge in [-0.15, -0.1) is 0 Å². The fraction of sp³-hybridized carbons (Fsp3) is 0.188. The smallest absolute Gasteiger partial charge is 0.143 e. The number of nitrogens with zero attached hydrogens (tertiary/aromatic N) is 1. The number of nitrogens with one attached hydrogen (secondary N) is 2. The zero-order chi connectivity index (χ0) is 13.9. The third-order valence-electron chi connectivity index (χ3n) is 3.47. The van der Waals surface area contributed by atoms with Gasteiger partial charge in [-0.2, -0.15) is 5.26 Å². The van der Waals surface area contributed by atoms with Crippen LogP contribution in [0.4, 0.5) is 15.8 Å². The molecule has 0 aromatic heterocycles. The number of benzene rings is 2. The largest absolute Gasteiger partial charge is 0.355 e. The molecule has 1 aliphatic rings. The summed E-state index contributed by atoms with van der Waals surface area (Å²) in [4.78, 5) is 0. The SMILES string of the molecule is N#Cc1ccc(Nc2ccc3c(c2)CCNC3)cc1F. The van der Waals surface area contributed by atoms with Crippen LogP contribution < -0.4 is 10.6 Å². The molecular formula is C16H14FN3. The summed E-state index contributed by atoms with van der Waals surface area (Å²) < 4.78 is 13.6. The van der Waals surface area contributed by atoms with Gasteiger partial charge in [0.25, 0.3) is 0 Å². The summed E-state index contributed by atoms with van der Waals surface area (Å²) in [6.45, 7) is 1.89. The molecule has 0 saturated carbocycles. The van der Waals surface area contributed by atoms with E-state index in [1.807, 2.05) is 12.1 Å². The van der Waals surface area contributed by atoms with Crippen molar-refractivity contribution in [2.45, 2.75) is 13.0 Å². The van der Waals surface area contributed by atoms with Gasteiger partial charge >= 0.3 is 0 Å². The van der Waals surface area contributed by atoms with Gasteiger partial charge in [-0.3, -0.25) is 0 Å². The highest BCUT2D eigenvalue weighted by Crippen LogP contribution is 2.23. The van der Waals surface area contributed by atoms with Crippen LogP contribution in [-0.2, 0) is 13.0 Å². The Bertz CT molecular complexity index is 689. The van der Waals surface area contributed by atoms with Crippen LogP contribution in [0.3, 0.4) is 0 Å². The van der Waals surface area contributed by atoms with Crippen molar-refractivity contribution in [3.8, 4) is 6.07 Å². The molecule has 4 heteroatoms. The first kappa shape index (κ1) is 12.6. The number of nitriles is 1. The normalized spacial score (nSPS) is 13.4. The molecule has 1 aliphatic heterocycles. The van der Waals surface area contributed by atoms with Crippen LogP contribution >= 0.6 is 0 Å². The first-order valence-electron chi connectivity index (χ1n) is 6.55. The highest BCUT2D eigenvalue weighted by Gasteiger charge is 2.09. The second-order valence-corrected chi connectivity index (χ2v) is 4.84. The van der Waals surface area contributed by atoms with Crippen molar-refractivity contribution in [1.29, 1.82) is 5.26 Å². The van der Waals surface area contributed by atoms with Crippen molar-refractivity contribution in [3.05, 3.63) is 58.9 Å². The molecule has 0 radical (unpaired) electrons. The van der Waals surface area contributed by atoms with Crippen molar-refractivity contribution in [3.63, 3.8) is 0 Å². The minimum absolute atomic E-state index is 0.0621. The molecule has 2 aromatic carbocycles. The average Bonchev–Trinajstić information content (AvgIpc) is 2.47. The number of hydrogen-bond acceptors (Lipinski definition) is 3. The minimum Gasteiger partial charge on any atom is -0.355 e. The summed E-state index contributed by atoms with van der Waals surface area (Å²) in [5, 5.41) is 15.2. The Kier molecular flexibility index (Phi) is 3.36. The fourth-order valence-electron chi connectivity index (χ4n) is 2.41. The molecule has 0 spiro atoms. The topological polar surface area (TPSA) is 47.9 Å². The Morgan fingerprint density at radius 1 is 1.10 bits per heavy atom. The Labute approximate surface area is 117 Å². The maximum atomic E-state index is 13.6. The number of anilines is 2. The molecule has 0 amide bonds. The van der Waals surface area contributed by atoms with Gasteiger partial charge in [-0.25, -0.2) is 4.39 Å². The van der Waals surface area contributed by atoms with Crippen molar-refractivity contribution in [2.24, 2.45) is 0 Å². The van der Waals surface area contributed by atoms with Crippen molar-refractivity contribution in [1.82, 2.24) is 5.32 Å². The van der Waals surface area contributed by atoms with E-state index in [4.69, 9.17) is 5.26 Å². The molecule has 1 heterocycles. The lowest BCUT2D eigenvalue weighted by molar-refractivity contribution is 0.624. The maximum Gasteiger partial charge on any atom is 0.143 e. The lowest BCUT2D eigenvalue weighted by Gasteiger charge is -2.18. The molecule has 0 fully saturated rings. The van der Waals surface area contributed by atoms with Crippen LogP contribution in [0.25, 0.3) is 0 Å². The monoisotopic (exact) mass is 267 g/mol. The highest BCUT2D eigenvalue weighted by molar-refractivity contribution is 5.62. The maximum absolute atomic E-state index is 13.6. The van der Waals surface area contributed by atoms with E-state index in [1.54, 1.807) is 6.07 Å². The molecule has 3 rings (SSSR count). The molecule has 0 saturated heterocycles. The van der Waals surface area contributed by atoms with Crippen LogP contribution in [0.5, 0.6) is 0 Å². The van der Waals surface area contributed by atoms with Crippen LogP contribution in [-0.4, -0.2) is 6.54 Å². The number of halogens is 1. The quantitative estimate of drug-likeness (QED) is 0.879. The zero-order valence-corrected chi connectivity index (χ0v) is 10.9. The molecule has 0 atom stereocenters. The van der Waals surface area contributed by atoms with Gasteiger partial charge in [0.15, 0.2) is 0 Å². The predicted octanol–water partition coefficient (Wildman–Crippen LogP) is 3.09. The first-order valence-corrected chi connectivity index (χ1v) is 6.55. The molecule has 0 bridgehead atoms. The fourth-order valence-corrected chi connectivity index (χ4v) is 2.41. The number of hydrogen-bond donors (Lipinski definition) is 2. The minimum atomic E-state index is -0.500. The molecule has 2 N–H and O–H groups in total. The van der Waals surface area contributed by atoms with E-state index in [-0.39, 0.29) is 5.56 Å². The van der Waals surface area contributed by atoms with E-state index in [1.165, 1.54) is 23.3 Å². The lowest BCUT2D eigenvalue weighted by Crippen LogP contribution is -2.23. The van der Waals surface area contributed by atoms with Gasteiger partial charge < -0.3 is 10.6 Å². The summed E-state index contributed by atoms with van der Waals surface area (Å²) in [7, 11) is 0. The Morgan fingerprint density at radius 3 is 2.70 bits per heavy atom. The van der Waals surface area contributed by atoms with Crippen LogP contribution in [0.1, 0.15) is 16.7 Å². The van der Waals surface area contributed by atoms with E-state index < -0.39 is 5.82 Å². The van der Waals surface area contributed by atoms with Gasteiger partial charge in [0.2, 0.25) is 0 Å². The van der Waals surface area contributed by atoms with Crippen LogP contribution in [0.15, 0.2) is 36.4 Å². The molecule has 3 nitrogen and oxygen atoms in total. The highest BCUT2D eigenvalue weighted by atomic mass is 19.1. The molecule has 0 unspecified atom stereocenters. The Balaban J connectivity index is 1.84. The Morgan fingerprint density at radius 2 is 1.90 bits per heavy atom. The molecule has 0 aliphatic carbocycles. The van der Waals surface area contributed by atoms with E-state index >= 15 is 0 Å². The van der Waals surface area contributed by atoms with Crippen LogP contribution in [0.2, 0.25) is 0 Å². The van der Waals surface area contributed by atoms with E-state index in [0.717, 1.165) is 25.2 Å². The summed E-state index contributed by atoms with van der Waals surface area (Å²) in [5.41, 5.74) is 4.29.